The van der Waals surface area contributed by atoms with Crippen LogP contribution in [0.15, 0.2) is 12.7 Å². The molecule has 0 aromatic carbocycles. The van der Waals surface area contributed by atoms with Crippen LogP contribution in [0, 0.1) is 22.7 Å². The molecule has 3 heteroatoms. The van der Waals surface area contributed by atoms with Crippen LogP contribution in [0.25, 0.3) is 0 Å². The fourth-order valence-corrected chi connectivity index (χ4v) is 1.85. The molecule has 0 aliphatic carbocycles. The first-order valence-corrected chi connectivity index (χ1v) is 5.78. The largest absolute Gasteiger partial charge is 0.465 e. The number of ether oxygens (including phenoxy) is 1. The second-order valence-corrected chi connectivity index (χ2v) is 3.99. The Morgan fingerprint density at radius 1 is 1.62 bits per heavy atom. The number of rotatable bonds is 7. The number of carbonyl (C=O) groups excluding carboxylic acids is 1. The highest BCUT2D eigenvalue weighted by atomic mass is 16.5. The summed E-state index contributed by atoms with van der Waals surface area (Å²) in [6, 6.07) is 2.14. The van der Waals surface area contributed by atoms with Gasteiger partial charge in [-0.25, -0.2) is 0 Å². The summed E-state index contributed by atoms with van der Waals surface area (Å²) >= 11 is 0. The lowest BCUT2D eigenvalue weighted by Crippen LogP contribution is -2.37. The molecule has 3 nitrogen and oxygen atoms in total. The van der Waals surface area contributed by atoms with Crippen LogP contribution in [0.2, 0.25) is 0 Å². The SMILES string of the molecule is C=CC[C@@](C#N)(C(=O)OCC)[C@@H](C)CCC. The van der Waals surface area contributed by atoms with Crippen LogP contribution in [0.5, 0.6) is 0 Å². The van der Waals surface area contributed by atoms with E-state index in [1.165, 1.54) is 0 Å². The molecular formula is C13H21NO2. The summed E-state index contributed by atoms with van der Waals surface area (Å²) in [5.41, 5.74) is -1.06. The van der Waals surface area contributed by atoms with Crippen LogP contribution in [0.1, 0.15) is 40.0 Å². The number of carbonyl (C=O) groups is 1. The van der Waals surface area contributed by atoms with Gasteiger partial charge in [-0.3, -0.25) is 4.79 Å². The van der Waals surface area contributed by atoms with Gasteiger partial charge in [0.1, 0.15) is 0 Å². The molecule has 0 rings (SSSR count). The Bertz CT molecular complexity index is 280. The number of esters is 1. The van der Waals surface area contributed by atoms with Crippen molar-refractivity contribution in [1.29, 1.82) is 5.26 Å². The fourth-order valence-electron chi connectivity index (χ4n) is 1.85. The quantitative estimate of drug-likeness (QED) is 0.492. The highest BCUT2D eigenvalue weighted by molar-refractivity contribution is 5.80. The molecule has 0 fully saturated rings. The average molecular weight is 223 g/mol. The van der Waals surface area contributed by atoms with Gasteiger partial charge in [0.05, 0.1) is 12.7 Å². The molecule has 2 atom stereocenters. The molecule has 0 aliphatic rings. The predicted octanol–water partition coefficient (Wildman–Crippen LogP) is 3.07. The van der Waals surface area contributed by atoms with Crippen LogP contribution in [-0.4, -0.2) is 12.6 Å². The van der Waals surface area contributed by atoms with E-state index in [1.807, 2.05) is 13.8 Å². The molecule has 0 spiro atoms. The topological polar surface area (TPSA) is 50.1 Å². The third-order valence-electron chi connectivity index (χ3n) is 2.87. The Morgan fingerprint density at radius 2 is 2.25 bits per heavy atom. The molecule has 0 aromatic heterocycles. The Labute approximate surface area is 98.1 Å². The van der Waals surface area contributed by atoms with Crippen LogP contribution >= 0.6 is 0 Å². The Balaban J connectivity index is 5.06. The number of hydrogen-bond acceptors (Lipinski definition) is 3. The standard InChI is InChI=1S/C13H21NO2/c1-5-8-11(4)13(10-14,9-6-2)12(15)16-7-3/h6,11H,2,5,7-9H2,1,3-4H3/t11-,13-/m0/s1. The minimum absolute atomic E-state index is 0.0143. The Hall–Kier alpha value is -1.30. The second-order valence-electron chi connectivity index (χ2n) is 3.99. The molecular weight excluding hydrogens is 202 g/mol. The van der Waals surface area contributed by atoms with E-state index in [0.29, 0.717) is 13.0 Å². The van der Waals surface area contributed by atoms with Crippen molar-refractivity contribution >= 4 is 5.97 Å². The minimum Gasteiger partial charge on any atom is -0.465 e. The van der Waals surface area contributed by atoms with E-state index >= 15 is 0 Å². The van der Waals surface area contributed by atoms with Crippen molar-refractivity contribution in [3.63, 3.8) is 0 Å². The van der Waals surface area contributed by atoms with Gasteiger partial charge in [-0.05, 0) is 25.7 Å². The molecule has 0 N–H and O–H groups in total. The molecule has 0 heterocycles. The molecule has 16 heavy (non-hydrogen) atoms. The van der Waals surface area contributed by atoms with Crippen LogP contribution in [0.4, 0.5) is 0 Å². The molecule has 0 saturated heterocycles. The lowest BCUT2D eigenvalue weighted by Gasteiger charge is -2.29. The average Bonchev–Trinajstić information content (AvgIpc) is 2.26. The maximum absolute atomic E-state index is 11.9. The Morgan fingerprint density at radius 3 is 2.62 bits per heavy atom. The molecule has 0 aliphatic heterocycles. The van der Waals surface area contributed by atoms with Gasteiger partial charge in [-0.15, -0.1) is 6.58 Å². The van der Waals surface area contributed by atoms with E-state index in [2.05, 4.69) is 12.6 Å². The maximum atomic E-state index is 11.9. The number of nitriles is 1. The third-order valence-corrected chi connectivity index (χ3v) is 2.87. The first-order chi connectivity index (χ1) is 7.58. The normalized spacial score (nSPS) is 15.6. The zero-order valence-corrected chi connectivity index (χ0v) is 10.5. The summed E-state index contributed by atoms with van der Waals surface area (Å²) in [7, 11) is 0. The fraction of sp³-hybridized carbons (Fsp3) is 0.692. The number of allylic oxidation sites excluding steroid dienone is 1. The van der Waals surface area contributed by atoms with Gasteiger partial charge in [0.15, 0.2) is 5.41 Å². The lowest BCUT2D eigenvalue weighted by molar-refractivity contribution is -0.154. The van der Waals surface area contributed by atoms with E-state index in [9.17, 15) is 10.1 Å². The van der Waals surface area contributed by atoms with Gasteiger partial charge >= 0.3 is 5.97 Å². The van der Waals surface area contributed by atoms with Crippen molar-refractivity contribution in [3.05, 3.63) is 12.7 Å². The minimum atomic E-state index is -1.06. The lowest BCUT2D eigenvalue weighted by atomic mass is 9.73. The van der Waals surface area contributed by atoms with Crippen molar-refractivity contribution in [3.8, 4) is 6.07 Å². The van der Waals surface area contributed by atoms with Crippen molar-refractivity contribution in [2.75, 3.05) is 6.61 Å². The van der Waals surface area contributed by atoms with E-state index in [0.717, 1.165) is 12.8 Å². The monoisotopic (exact) mass is 223 g/mol. The first-order valence-electron chi connectivity index (χ1n) is 5.78. The van der Waals surface area contributed by atoms with E-state index < -0.39 is 11.4 Å². The third kappa shape index (κ3) is 3.10. The molecule has 0 amide bonds. The molecule has 0 saturated carbocycles. The predicted molar refractivity (Wildman–Crippen MR) is 63.6 cm³/mol. The summed E-state index contributed by atoms with van der Waals surface area (Å²) in [6.07, 6.45) is 3.75. The summed E-state index contributed by atoms with van der Waals surface area (Å²) in [6.45, 7) is 9.64. The van der Waals surface area contributed by atoms with Gasteiger partial charge in [0.2, 0.25) is 0 Å². The molecule has 0 radical (unpaired) electrons. The highest BCUT2D eigenvalue weighted by Gasteiger charge is 2.43. The van der Waals surface area contributed by atoms with Crippen LogP contribution in [-0.2, 0) is 9.53 Å². The van der Waals surface area contributed by atoms with Gasteiger partial charge < -0.3 is 4.74 Å². The summed E-state index contributed by atoms with van der Waals surface area (Å²) in [5.74, 6) is -0.433. The van der Waals surface area contributed by atoms with Gasteiger partial charge in [-0.2, -0.15) is 5.26 Å². The van der Waals surface area contributed by atoms with Gasteiger partial charge in [-0.1, -0.05) is 26.3 Å². The summed E-state index contributed by atoms with van der Waals surface area (Å²) in [4.78, 5) is 11.9. The highest BCUT2D eigenvalue weighted by Crippen LogP contribution is 2.35. The molecule has 0 aromatic rings. The zero-order chi connectivity index (χ0) is 12.6. The molecule has 90 valence electrons. The van der Waals surface area contributed by atoms with Crippen LogP contribution in [0.3, 0.4) is 0 Å². The molecule has 0 bridgehead atoms. The van der Waals surface area contributed by atoms with E-state index in [-0.39, 0.29) is 5.92 Å². The summed E-state index contributed by atoms with van der Waals surface area (Å²) in [5, 5.41) is 9.30. The van der Waals surface area contributed by atoms with E-state index in [4.69, 9.17) is 4.74 Å². The van der Waals surface area contributed by atoms with Crippen molar-refractivity contribution in [2.24, 2.45) is 11.3 Å². The van der Waals surface area contributed by atoms with Gasteiger partial charge in [0, 0.05) is 0 Å². The molecule has 0 unspecified atom stereocenters. The van der Waals surface area contributed by atoms with Crippen molar-refractivity contribution < 1.29 is 9.53 Å². The first kappa shape index (κ1) is 14.7. The van der Waals surface area contributed by atoms with Crippen molar-refractivity contribution in [1.82, 2.24) is 0 Å². The number of hydrogen-bond donors (Lipinski definition) is 0. The van der Waals surface area contributed by atoms with E-state index in [1.54, 1.807) is 13.0 Å². The maximum Gasteiger partial charge on any atom is 0.327 e. The number of nitrogens with zero attached hydrogens (tertiary/aromatic N) is 1. The van der Waals surface area contributed by atoms with Crippen LogP contribution < -0.4 is 0 Å². The Kier molecular flexibility index (Phi) is 6.48. The van der Waals surface area contributed by atoms with Crippen molar-refractivity contribution in [2.45, 2.75) is 40.0 Å². The zero-order valence-electron chi connectivity index (χ0n) is 10.5. The summed E-state index contributed by atoms with van der Waals surface area (Å²) < 4.78 is 5.01. The second kappa shape index (κ2) is 7.05. The van der Waals surface area contributed by atoms with Gasteiger partial charge in [0.25, 0.3) is 0 Å². The smallest absolute Gasteiger partial charge is 0.327 e.